The number of carbonyl (C=O) groups excluding carboxylic acids is 5. The smallest absolute Gasteiger partial charge is 0.386 e. The Morgan fingerprint density at radius 2 is 1.37 bits per heavy atom. The number of nitro groups is 2. The van der Waals surface area contributed by atoms with Gasteiger partial charge in [-0.2, -0.15) is 0 Å². The summed E-state index contributed by atoms with van der Waals surface area (Å²) in [6.07, 6.45) is 11.7. The van der Waals surface area contributed by atoms with Crippen molar-refractivity contribution in [3.63, 3.8) is 0 Å². The van der Waals surface area contributed by atoms with E-state index in [9.17, 15) is 44.2 Å². The Labute approximate surface area is 393 Å². The molecule has 4 unspecified atom stereocenters. The van der Waals surface area contributed by atoms with Gasteiger partial charge in [-0.25, -0.2) is 9.59 Å². The average Bonchev–Trinajstić information content (AvgIpc) is 4.18. The maximum Gasteiger partial charge on any atom is 0.386 e. The first-order chi connectivity index (χ1) is 32.2. The van der Waals surface area contributed by atoms with Gasteiger partial charge in [0.1, 0.15) is 17.9 Å². The van der Waals surface area contributed by atoms with E-state index in [-0.39, 0.29) is 37.1 Å². The molecule has 0 aromatic carbocycles. The number of esters is 4. The van der Waals surface area contributed by atoms with Crippen LogP contribution in [0.25, 0.3) is 0 Å². The molecule has 4 bridgehead atoms. The number of ketones is 1. The van der Waals surface area contributed by atoms with Crippen molar-refractivity contribution >= 4 is 29.7 Å². The number of nitrogens with zero attached hydrogens (tertiary/aromatic N) is 4. The van der Waals surface area contributed by atoms with E-state index in [4.69, 9.17) is 29.4 Å². The van der Waals surface area contributed by atoms with E-state index in [0.29, 0.717) is 94.9 Å². The molecule has 67 heavy (non-hydrogen) atoms. The Bertz CT molecular complexity index is 1560. The lowest BCUT2D eigenvalue weighted by Gasteiger charge is -2.30. The van der Waals surface area contributed by atoms with Crippen LogP contribution in [0.3, 0.4) is 0 Å². The second kappa shape index (κ2) is 31.0. The molecule has 22 heteroatoms. The lowest BCUT2D eigenvalue weighted by atomic mass is 9.85. The van der Waals surface area contributed by atoms with E-state index in [0.717, 1.165) is 31.8 Å². The molecular formula is C45H76N6O16. The third kappa shape index (κ3) is 18.7. The van der Waals surface area contributed by atoms with Crippen LogP contribution in [-0.2, 0) is 57.1 Å². The third-order valence-corrected chi connectivity index (χ3v) is 13.0. The quantitative estimate of drug-likeness (QED) is 0.0931. The molecule has 8 aliphatic rings. The molecule has 0 aromatic heterocycles. The summed E-state index contributed by atoms with van der Waals surface area (Å²) in [4.78, 5) is 78.6. The number of carbonyl (C=O) groups is 5. The largest absolute Gasteiger partial charge is 0.465 e. The highest BCUT2D eigenvalue weighted by Gasteiger charge is 2.53. The fraction of sp³-hybridized carbons (Fsp3) is 0.844. The Kier molecular flexibility index (Phi) is 26.5. The number of fused-ring (bicyclic) bond motifs is 2. The van der Waals surface area contributed by atoms with Crippen LogP contribution in [0.2, 0.25) is 0 Å². The second-order valence-corrected chi connectivity index (χ2v) is 17.1. The molecule has 8 heterocycles. The first-order valence-corrected chi connectivity index (χ1v) is 24.0. The summed E-state index contributed by atoms with van der Waals surface area (Å²) in [7, 11) is 0. The van der Waals surface area contributed by atoms with Gasteiger partial charge in [-0.15, -0.1) is 0 Å². The van der Waals surface area contributed by atoms with Crippen LogP contribution in [-0.4, -0.2) is 185 Å². The number of nitrogens with two attached hydrogens (primary N) is 1. The summed E-state index contributed by atoms with van der Waals surface area (Å²) >= 11 is 0. The van der Waals surface area contributed by atoms with E-state index in [2.05, 4.69) is 24.6 Å². The number of ether oxygens (including phenoxy) is 7. The zero-order valence-electron chi connectivity index (χ0n) is 40.0. The van der Waals surface area contributed by atoms with Crippen LogP contribution in [0.4, 0.5) is 0 Å². The number of piperidine rings is 2. The van der Waals surface area contributed by atoms with Gasteiger partial charge in [0.15, 0.2) is 0 Å². The zero-order valence-corrected chi connectivity index (χ0v) is 40.0. The summed E-state index contributed by atoms with van der Waals surface area (Å²) in [5.41, 5.74) is 6.86. The van der Waals surface area contributed by atoms with E-state index < -0.39 is 40.4 Å². The summed E-state index contributed by atoms with van der Waals surface area (Å²) in [5, 5.41) is 23.8. The second-order valence-electron chi connectivity index (χ2n) is 17.1. The number of hydrogen-bond acceptors (Lipinski definition) is 20. The Hall–Kier alpha value is -4.19. The third-order valence-electron chi connectivity index (χ3n) is 13.0. The number of hydrogen-bond donors (Lipinski definition) is 2. The van der Waals surface area contributed by atoms with Crippen LogP contribution < -0.4 is 11.1 Å². The van der Waals surface area contributed by atoms with Crippen LogP contribution in [0.1, 0.15) is 91.9 Å². The molecule has 1 spiro atoms. The van der Waals surface area contributed by atoms with Crippen molar-refractivity contribution in [3.8, 4) is 0 Å². The predicted octanol–water partition coefficient (Wildman–Crippen LogP) is 2.12. The van der Waals surface area contributed by atoms with Crippen molar-refractivity contribution in [1.29, 1.82) is 0 Å². The molecular weight excluding hydrogens is 881 g/mol. The molecule has 0 radical (unpaired) electrons. The minimum Gasteiger partial charge on any atom is -0.465 e. The maximum absolute atomic E-state index is 11.4. The van der Waals surface area contributed by atoms with Crippen LogP contribution >= 0.6 is 0 Å². The van der Waals surface area contributed by atoms with Crippen molar-refractivity contribution in [2.24, 2.45) is 23.5 Å². The molecule has 382 valence electrons. The topological polar surface area (TPSA) is 281 Å². The van der Waals surface area contributed by atoms with E-state index in [1.807, 2.05) is 6.92 Å². The molecule has 0 aliphatic carbocycles. The fourth-order valence-corrected chi connectivity index (χ4v) is 9.62. The predicted molar refractivity (Wildman–Crippen MR) is 242 cm³/mol. The Balaban J connectivity index is 0.000000216. The van der Waals surface area contributed by atoms with Gasteiger partial charge in [0, 0.05) is 53.6 Å². The molecule has 0 aromatic rings. The lowest BCUT2D eigenvalue weighted by Crippen LogP contribution is -2.43. The number of nitrogens with one attached hydrogen (secondary N) is 1. The van der Waals surface area contributed by atoms with Crippen molar-refractivity contribution < 1.29 is 67.0 Å². The van der Waals surface area contributed by atoms with Crippen LogP contribution in [0.15, 0.2) is 11.6 Å². The van der Waals surface area contributed by atoms with Gasteiger partial charge in [-0.3, -0.25) is 44.4 Å². The molecule has 7 saturated heterocycles. The highest BCUT2D eigenvalue weighted by Crippen LogP contribution is 2.46. The van der Waals surface area contributed by atoms with Gasteiger partial charge in [0.2, 0.25) is 0 Å². The molecule has 0 saturated carbocycles. The number of Topliss-reactive ketones (excluding diaryl/α,β-unsaturated/α-hetero) is 1. The number of rotatable bonds is 12. The van der Waals surface area contributed by atoms with Gasteiger partial charge in [-0.1, -0.05) is 6.08 Å². The molecule has 22 nitrogen and oxygen atoms in total. The van der Waals surface area contributed by atoms with Gasteiger partial charge in [0.05, 0.1) is 52.9 Å². The van der Waals surface area contributed by atoms with Gasteiger partial charge < -0.3 is 44.2 Å². The van der Waals surface area contributed by atoms with E-state index in [1.165, 1.54) is 58.3 Å². The summed E-state index contributed by atoms with van der Waals surface area (Å²) in [5.74, 6) is 0.325. The van der Waals surface area contributed by atoms with Crippen LogP contribution in [0.5, 0.6) is 0 Å². The molecule has 4 atom stereocenters. The normalized spacial score (nSPS) is 27.4. The minimum atomic E-state index is -1.37. The summed E-state index contributed by atoms with van der Waals surface area (Å²) in [6, 6.07) is -1.73. The van der Waals surface area contributed by atoms with Crippen molar-refractivity contribution in [2.75, 3.05) is 112 Å². The molecule has 8 aliphatic heterocycles. The van der Waals surface area contributed by atoms with Crippen molar-refractivity contribution in [2.45, 2.75) is 116 Å². The molecule has 8 rings (SSSR count). The zero-order chi connectivity index (χ0) is 49.2. The van der Waals surface area contributed by atoms with Crippen LogP contribution in [0, 0.1) is 38.0 Å². The Morgan fingerprint density at radius 1 is 0.791 bits per heavy atom. The molecule has 3 N–H and O–H groups in total. The van der Waals surface area contributed by atoms with Crippen molar-refractivity contribution in [1.82, 2.24) is 15.1 Å². The first kappa shape index (κ1) is 57.1. The minimum absolute atomic E-state index is 0.00231. The Morgan fingerprint density at radius 3 is 1.81 bits per heavy atom. The lowest BCUT2D eigenvalue weighted by molar-refractivity contribution is -0.501. The molecule has 0 amide bonds. The van der Waals surface area contributed by atoms with Gasteiger partial charge >= 0.3 is 29.9 Å². The average molecular weight is 957 g/mol. The fourth-order valence-electron chi connectivity index (χ4n) is 9.62. The van der Waals surface area contributed by atoms with E-state index >= 15 is 0 Å². The standard InChI is InChI=1S/C9H16N2.C9H13NO5.C9H17NO3.C9H15NO2.C5H8O2.C4H7NO4/c1-5-11-6-2-8(1)9(11)3-4-10-7-9;1-2-15-9(11)8(10(12)13)7-3-5-14-6-4-7;1-2-13-9(11)8(10)7-3-5-12-6-4-7;1-2-12-9(11)8-7-3-5-10(8)6-4-7;6-5-1-3-7-4-2-5;1-2-9-4(6)3-5(7)8/h8,10H,1-7H2;3,8H,2,4-6H2,1H3;7-8H,2-6,10H2,1H3;7-8H,2-6H2,1H3;1-4H2;2-3H2,1H3. The summed E-state index contributed by atoms with van der Waals surface area (Å²) < 4.78 is 33.9. The highest BCUT2D eigenvalue weighted by molar-refractivity contribution is 5.79. The molecule has 7 fully saturated rings. The summed E-state index contributed by atoms with van der Waals surface area (Å²) in [6.45, 7) is 18.3. The van der Waals surface area contributed by atoms with E-state index in [1.54, 1.807) is 26.8 Å². The van der Waals surface area contributed by atoms with Crippen molar-refractivity contribution in [3.05, 3.63) is 31.9 Å². The van der Waals surface area contributed by atoms with Gasteiger partial charge in [-0.05, 0) is 130 Å². The SMILES string of the molecule is C1CC2(CN1)C1CCN2CC1.CCOC(=O)C(C1=CCOCC1)[N+](=O)[O-].CCOC(=O)C(N)C1CCOCC1.CCOC(=O)C1C2CCN1CC2.CCOC(=O)C[N+](=O)[O-].O=C1CCOCC1. The first-order valence-electron chi connectivity index (χ1n) is 24.0. The monoisotopic (exact) mass is 957 g/mol. The highest BCUT2D eigenvalue weighted by atomic mass is 16.6. The maximum atomic E-state index is 11.4. The van der Waals surface area contributed by atoms with Gasteiger partial charge in [0.25, 0.3) is 6.54 Å².